The van der Waals surface area contributed by atoms with Crippen LogP contribution in [0.1, 0.15) is 22.1 Å². The first-order valence-electron chi connectivity index (χ1n) is 6.08. The van der Waals surface area contributed by atoms with Crippen molar-refractivity contribution in [3.8, 4) is 11.5 Å². The zero-order valence-electron chi connectivity index (χ0n) is 10.8. The molecular weight excluding hydrogens is 258 g/mol. The molecule has 0 aliphatic carbocycles. The number of anilines is 1. The first kappa shape index (κ1) is 12.3. The van der Waals surface area contributed by atoms with E-state index >= 15 is 0 Å². The monoisotopic (exact) mass is 271 g/mol. The molecule has 0 spiro atoms. The number of rotatable bonds is 2. The van der Waals surface area contributed by atoms with Crippen LogP contribution in [0.2, 0.25) is 0 Å². The highest BCUT2D eigenvalue weighted by Gasteiger charge is 2.25. The van der Waals surface area contributed by atoms with Gasteiger partial charge in [0.15, 0.2) is 11.5 Å². The quantitative estimate of drug-likeness (QED) is 0.773. The number of amides is 1. The molecular formula is C14H13N3O3. The van der Waals surface area contributed by atoms with Gasteiger partial charge >= 0.3 is 0 Å². The number of ether oxygens (including phenoxy) is 1. The highest BCUT2D eigenvalue weighted by Crippen LogP contribution is 2.31. The van der Waals surface area contributed by atoms with Gasteiger partial charge in [0.25, 0.3) is 5.91 Å². The third-order valence-electron chi connectivity index (χ3n) is 3.15. The van der Waals surface area contributed by atoms with E-state index in [1.165, 1.54) is 13.2 Å². The van der Waals surface area contributed by atoms with Crippen molar-refractivity contribution >= 4 is 11.7 Å². The van der Waals surface area contributed by atoms with Crippen LogP contribution in [0.25, 0.3) is 0 Å². The summed E-state index contributed by atoms with van der Waals surface area (Å²) in [4.78, 5) is 16.2. The highest BCUT2D eigenvalue weighted by molar-refractivity contribution is 6.00. The van der Waals surface area contributed by atoms with E-state index in [1.54, 1.807) is 30.5 Å². The number of carbonyl (C=O) groups is 1. The third-order valence-corrected chi connectivity index (χ3v) is 3.15. The Morgan fingerprint density at radius 3 is 2.95 bits per heavy atom. The zero-order chi connectivity index (χ0) is 14.1. The Bertz CT molecular complexity index is 672. The number of fused-ring (bicyclic) bond motifs is 1. The number of phenolic OH excluding ortho intramolecular Hbond substituents is 1. The normalized spacial score (nSPS) is 16.9. The summed E-state index contributed by atoms with van der Waals surface area (Å²) in [5.74, 6) is 0.750. The summed E-state index contributed by atoms with van der Waals surface area (Å²) in [5, 5.41) is 15.6. The summed E-state index contributed by atoms with van der Waals surface area (Å²) < 4.78 is 5.07. The lowest BCUT2D eigenvalue weighted by molar-refractivity contribution is 0.0935. The van der Waals surface area contributed by atoms with Crippen molar-refractivity contribution in [2.24, 2.45) is 0 Å². The molecule has 0 saturated carbocycles. The first-order valence-corrected chi connectivity index (χ1v) is 6.08. The van der Waals surface area contributed by atoms with E-state index in [2.05, 4.69) is 15.6 Å². The summed E-state index contributed by atoms with van der Waals surface area (Å²) in [6.45, 7) is 0. The smallest absolute Gasteiger partial charge is 0.256 e. The zero-order valence-corrected chi connectivity index (χ0v) is 10.8. The molecule has 1 aliphatic rings. The molecule has 102 valence electrons. The molecule has 6 nitrogen and oxygen atoms in total. The summed E-state index contributed by atoms with van der Waals surface area (Å²) in [7, 11) is 1.47. The van der Waals surface area contributed by atoms with Crippen molar-refractivity contribution in [3.63, 3.8) is 0 Å². The summed E-state index contributed by atoms with van der Waals surface area (Å²) in [6.07, 6.45) is 1.21. The van der Waals surface area contributed by atoms with Crippen LogP contribution >= 0.6 is 0 Å². The number of aromatic nitrogens is 1. The number of nitrogens with one attached hydrogen (secondary N) is 2. The minimum atomic E-state index is -0.417. The van der Waals surface area contributed by atoms with Crippen molar-refractivity contribution in [1.82, 2.24) is 10.3 Å². The molecule has 0 fully saturated rings. The predicted octanol–water partition coefficient (Wildman–Crippen LogP) is 1.65. The van der Waals surface area contributed by atoms with Gasteiger partial charge in [0.2, 0.25) is 0 Å². The number of benzene rings is 1. The Morgan fingerprint density at radius 1 is 1.30 bits per heavy atom. The molecule has 1 aliphatic heterocycles. The molecule has 1 amide bonds. The Labute approximate surface area is 115 Å². The lowest BCUT2D eigenvalue weighted by Crippen LogP contribution is -2.38. The number of aromatic hydroxyl groups is 1. The highest BCUT2D eigenvalue weighted by atomic mass is 16.5. The number of phenols is 1. The average molecular weight is 271 g/mol. The number of pyridine rings is 1. The molecule has 1 aromatic heterocycles. The van der Waals surface area contributed by atoms with Crippen molar-refractivity contribution in [1.29, 1.82) is 0 Å². The lowest BCUT2D eigenvalue weighted by Gasteiger charge is -2.27. The van der Waals surface area contributed by atoms with Gasteiger partial charge in [-0.3, -0.25) is 4.79 Å². The van der Waals surface area contributed by atoms with Gasteiger partial charge in [-0.2, -0.15) is 0 Å². The minimum Gasteiger partial charge on any atom is -0.504 e. The second-order valence-electron chi connectivity index (χ2n) is 4.38. The molecule has 20 heavy (non-hydrogen) atoms. The van der Waals surface area contributed by atoms with Gasteiger partial charge in [0.05, 0.1) is 12.7 Å². The molecule has 2 aromatic rings. The van der Waals surface area contributed by atoms with Crippen molar-refractivity contribution in [3.05, 3.63) is 47.7 Å². The maximum absolute atomic E-state index is 12.0. The fraction of sp³-hybridized carbons (Fsp3) is 0.143. The summed E-state index contributed by atoms with van der Waals surface area (Å²) in [5.41, 5.74) is 1.28. The maximum atomic E-state index is 12.0. The van der Waals surface area contributed by atoms with E-state index in [4.69, 9.17) is 4.74 Å². The van der Waals surface area contributed by atoms with Gasteiger partial charge in [-0.25, -0.2) is 4.98 Å². The number of hydrogen-bond donors (Lipinski definition) is 3. The summed E-state index contributed by atoms with van der Waals surface area (Å²) in [6, 6.07) is 8.32. The second-order valence-corrected chi connectivity index (χ2v) is 4.38. The fourth-order valence-corrected chi connectivity index (χ4v) is 2.13. The Kier molecular flexibility index (Phi) is 2.90. The van der Waals surface area contributed by atoms with Crippen LogP contribution in [0.5, 0.6) is 11.5 Å². The SMILES string of the molecule is COc1cc([C@H]2NC(=O)c3cccnc3N2)ccc1O. The molecule has 3 N–H and O–H groups in total. The standard InChI is InChI=1S/C14H13N3O3/c1-20-11-7-8(4-5-10(11)18)12-16-13-9(14(19)17-12)3-2-6-15-13/h2-7,12,18H,1H3,(H,15,16)(H,17,19)/t12-/m1/s1. The van der Waals surface area contributed by atoms with E-state index in [1.807, 2.05) is 0 Å². The van der Waals surface area contributed by atoms with Gasteiger partial charge in [0, 0.05) is 6.20 Å². The molecule has 2 heterocycles. The molecule has 0 bridgehead atoms. The molecule has 3 rings (SSSR count). The molecule has 1 atom stereocenters. The minimum absolute atomic E-state index is 0.0527. The van der Waals surface area contributed by atoms with E-state index < -0.39 is 6.17 Å². The van der Waals surface area contributed by atoms with Crippen molar-refractivity contribution in [2.75, 3.05) is 12.4 Å². The molecule has 0 saturated heterocycles. The van der Waals surface area contributed by atoms with E-state index in [-0.39, 0.29) is 11.7 Å². The van der Waals surface area contributed by atoms with Gasteiger partial charge in [0.1, 0.15) is 12.0 Å². The van der Waals surface area contributed by atoms with E-state index in [0.717, 1.165) is 5.56 Å². The Hall–Kier alpha value is -2.76. The van der Waals surface area contributed by atoms with E-state index in [0.29, 0.717) is 17.1 Å². The summed E-state index contributed by atoms with van der Waals surface area (Å²) >= 11 is 0. The van der Waals surface area contributed by atoms with Gasteiger partial charge in [-0.05, 0) is 29.8 Å². The number of methoxy groups -OCH3 is 1. The molecule has 0 radical (unpaired) electrons. The Morgan fingerprint density at radius 2 is 2.15 bits per heavy atom. The predicted molar refractivity (Wildman–Crippen MR) is 72.7 cm³/mol. The number of carbonyl (C=O) groups excluding carboxylic acids is 1. The molecule has 0 unspecified atom stereocenters. The van der Waals surface area contributed by atoms with Crippen LogP contribution in [0.15, 0.2) is 36.5 Å². The first-order chi connectivity index (χ1) is 9.69. The van der Waals surface area contributed by atoms with Gasteiger partial charge in [-0.15, -0.1) is 0 Å². The van der Waals surface area contributed by atoms with Crippen LogP contribution in [0, 0.1) is 0 Å². The van der Waals surface area contributed by atoms with Crippen LogP contribution in [-0.4, -0.2) is 23.1 Å². The van der Waals surface area contributed by atoms with Gasteiger partial charge < -0.3 is 20.5 Å². The largest absolute Gasteiger partial charge is 0.504 e. The van der Waals surface area contributed by atoms with Gasteiger partial charge in [-0.1, -0.05) is 6.07 Å². The maximum Gasteiger partial charge on any atom is 0.256 e. The third kappa shape index (κ3) is 2.01. The second kappa shape index (κ2) is 4.73. The average Bonchev–Trinajstić information content (AvgIpc) is 2.47. The topological polar surface area (TPSA) is 83.5 Å². The Balaban J connectivity index is 1.95. The number of hydrogen-bond acceptors (Lipinski definition) is 5. The molecule has 1 aromatic carbocycles. The van der Waals surface area contributed by atoms with Crippen LogP contribution in [0.4, 0.5) is 5.82 Å². The number of nitrogens with zero attached hydrogens (tertiary/aromatic N) is 1. The van der Waals surface area contributed by atoms with Crippen LogP contribution in [-0.2, 0) is 0 Å². The van der Waals surface area contributed by atoms with Crippen molar-refractivity contribution < 1.29 is 14.6 Å². The lowest BCUT2D eigenvalue weighted by atomic mass is 10.1. The van der Waals surface area contributed by atoms with Crippen LogP contribution in [0.3, 0.4) is 0 Å². The van der Waals surface area contributed by atoms with Crippen LogP contribution < -0.4 is 15.4 Å². The van der Waals surface area contributed by atoms with Crippen molar-refractivity contribution in [2.45, 2.75) is 6.17 Å². The molecule has 6 heteroatoms. The van der Waals surface area contributed by atoms with E-state index in [9.17, 15) is 9.90 Å². The fourth-order valence-electron chi connectivity index (χ4n) is 2.13.